The smallest absolute Gasteiger partial charge is 0.137 e. The van der Waals surface area contributed by atoms with Crippen molar-refractivity contribution in [3.05, 3.63) is 70.6 Å². The zero-order valence-electron chi connectivity index (χ0n) is 16.3. The number of benzene rings is 1. The molecule has 2 aromatic heterocycles. The maximum Gasteiger partial charge on any atom is 0.137 e. The minimum atomic E-state index is -0.262. The van der Waals surface area contributed by atoms with E-state index in [0.29, 0.717) is 37.4 Å². The summed E-state index contributed by atoms with van der Waals surface area (Å²) in [6.07, 6.45) is 2.90. The Balaban J connectivity index is 1.36. The van der Waals surface area contributed by atoms with Crippen molar-refractivity contribution in [3.63, 3.8) is 0 Å². The minimum absolute atomic E-state index is 0.162. The number of aliphatic hydroxyl groups excluding tert-OH is 1. The predicted molar refractivity (Wildman–Crippen MR) is 113 cm³/mol. The lowest BCUT2D eigenvalue weighted by Crippen LogP contribution is -2.51. The average Bonchev–Trinajstić information content (AvgIpc) is 3.05. The number of aryl methyl sites for hydroxylation is 2. The van der Waals surface area contributed by atoms with Gasteiger partial charge in [-0.05, 0) is 49.2 Å². The number of carbonyl (C=O) groups is 1. The van der Waals surface area contributed by atoms with Gasteiger partial charge in [0, 0.05) is 42.8 Å². The van der Waals surface area contributed by atoms with Gasteiger partial charge in [0.1, 0.15) is 11.6 Å². The molecule has 150 valence electrons. The molecule has 1 aliphatic rings. The maximum absolute atomic E-state index is 12.5. The predicted octanol–water partition coefficient (Wildman–Crippen LogP) is 3.15. The molecule has 1 aromatic carbocycles. The molecule has 0 amide bonds. The summed E-state index contributed by atoms with van der Waals surface area (Å²) >= 11 is 6.11. The third-order valence-corrected chi connectivity index (χ3v) is 5.25. The molecule has 0 aliphatic carbocycles. The number of β-amino-alcohol motifs (C(OH)–C–C–N with tert-alkyl or cyclic N) is 1. The number of aliphatic hydroxyl groups is 1. The number of hydrogen-bond donors (Lipinski definition) is 1. The second-order valence-electron chi connectivity index (χ2n) is 7.47. The van der Waals surface area contributed by atoms with Gasteiger partial charge < -0.3 is 10.0 Å². The number of pyridine rings is 1. The van der Waals surface area contributed by atoms with Crippen molar-refractivity contribution in [1.82, 2.24) is 14.8 Å². The highest BCUT2D eigenvalue weighted by molar-refractivity contribution is 6.30. The minimum Gasteiger partial charge on any atom is -0.389 e. The lowest BCUT2D eigenvalue weighted by molar-refractivity contribution is -0.118. The monoisotopic (exact) mass is 410 g/mol. The first kappa shape index (κ1) is 19.6. The van der Waals surface area contributed by atoms with Crippen LogP contribution >= 0.6 is 11.6 Å². The van der Waals surface area contributed by atoms with Crippen LogP contribution in [0, 0.1) is 6.92 Å². The second-order valence-corrected chi connectivity index (χ2v) is 7.90. The van der Waals surface area contributed by atoms with Crippen LogP contribution in [-0.2, 0) is 17.6 Å². The van der Waals surface area contributed by atoms with E-state index in [0.717, 1.165) is 28.5 Å². The molecule has 0 spiro atoms. The summed E-state index contributed by atoms with van der Waals surface area (Å²) in [5, 5.41) is 14.6. The fourth-order valence-corrected chi connectivity index (χ4v) is 3.68. The van der Waals surface area contributed by atoms with Crippen LogP contribution in [0.2, 0.25) is 5.02 Å². The first-order chi connectivity index (χ1) is 14.0. The van der Waals surface area contributed by atoms with Crippen molar-refractivity contribution in [3.8, 4) is 5.69 Å². The normalized spacial score (nSPS) is 14.1. The third-order valence-electron chi connectivity index (χ3n) is 5.01. The molecule has 7 heteroatoms. The average molecular weight is 411 g/mol. The van der Waals surface area contributed by atoms with Gasteiger partial charge in [-0.3, -0.25) is 4.79 Å². The molecular formula is C22H23ClN4O2. The SMILES string of the molecule is Cc1cc(CCC(=O)Cc2ccc(N3CC(O)C3)nc2)n(-c2cccc(Cl)c2)n1. The molecule has 0 radical (unpaired) electrons. The van der Waals surface area contributed by atoms with E-state index in [2.05, 4.69) is 10.1 Å². The Kier molecular flexibility index (Phi) is 5.65. The van der Waals surface area contributed by atoms with Crippen LogP contribution in [0.25, 0.3) is 5.69 Å². The van der Waals surface area contributed by atoms with Crippen LogP contribution in [0.4, 0.5) is 5.82 Å². The van der Waals surface area contributed by atoms with Crippen LogP contribution in [0.3, 0.4) is 0 Å². The molecule has 3 heterocycles. The molecule has 0 atom stereocenters. The molecule has 3 aromatic rings. The fraction of sp³-hybridized carbons (Fsp3) is 0.318. The van der Waals surface area contributed by atoms with E-state index in [4.69, 9.17) is 11.6 Å². The van der Waals surface area contributed by atoms with Crippen LogP contribution in [-0.4, -0.2) is 44.8 Å². The summed E-state index contributed by atoms with van der Waals surface area (Å²) in [5.74, 6) is 1.00. The summed E-state index contributed by atoms with van der Waals surface area (Å²) in [4.78, 5) is 18.9. The third kappa shape index (κ3) is 4.66. The number of anilines is 1. The molecule has 0 bridgehead atoms. The summed E-state index contributed by atoms with van der Waals surface area (Å²) in [5.41, 5.74) is 3.69. The van der Waals surface area contributed by atoms with Gasteiger partial charge >= 0.3 is 0 Å². The van der Waals surface area contributed by atoms with Crippen molar-refractivity contribution < 1.29 is 9.90 Å². The molecule has 0 saturated carbocycles. The molecule has 6 nitrogen and oxygen atoms in total. The van der Waals surface area contributed by atoms with Gasteiger partial charge in [-0.15, -0.1) is 0 Å². The topological polar surface area (TPSA) is 71.2 Å². The number of hydrogen-bond acceptors (Lipinski definition) is 5. The Morgan fingerprint density at radius 2 is 2.07 bits per heavy atom. The molecular weight excluding hydrogens is 388 g/mol. The van der Waals surface area contributed by atoms with E-state index in [-0.39, 0.29) is 11.9 Å². The van der Waals surface area contributed by atoms with Gasteiger partial charge in [0.2, 0.25) is 0 Å². The lowest BCUT2D eigenvalue weighted by atomic mass is 10.1. The van der Waals surface area contributed by atoms with Crippen LogP contribution < -0.4 is 4.90 Å². The van der Waals surface area contributed by atoms with Crippen molar-refractivity contribution >= 4 is 23.2 Å². The first-order valence-corrected chi connectivity index (χ1v) is 10.1. The van der Waals surface area contributed by atoms with Gasteiger partial charge in [-0.25, -0.2) is 9.67 Å². The highest BCUT2D eigenvalue weighted by Crippen LogP contribution is 2.20. The quantitative estimate of drug-likeness (QED) is 0.647. The molecule has 4 rings (SSSR count). The van der Waals surface area contributed by atoms with Gasteiger partial charge in [0.15, 0.2) is 0 Å². The molecule has 1 aliphatic heterocycles. The Morgan fingerprint density at radius 3 is 2.76 bits per heavy atom. The number of aromatic nitrogens is 3. The van der Waals surface area contributed by atoms with Gasteiger partial charge in [-0.1, -0.05) is 23.7 Å². The molecule has 29 heavy (non-hydrogen) atoms. The van der Waals surface area contributed by atoms with E-state index < -0.39 is 0 Å². The number of halogens is 1. The summed E-state index contributed by atoms with van der Waals surface area (Å²) in [6.45, 7) is 3.17. The zero-order valence-corrected chi connectivity index (χ0v) is 17.0. The Bertz CT molecular complexity index is 1010. The Labute approximate surface area is 174 Å². The number of ketones is 1. The lowest BCUT2D eigenvalue weighted by Gasteiger charge is -2.36. The molecule has 1 saturated heterocycles. The molecule has 1 N–H and O–H groups in total. The zero-order chi connectivity index (χ0) is 20.4. The van der Waals surface area contributed by atoms with Crippen LogP contribution in [0.1, 0.15) is 23.4 Å². The van der Waals surface area contributed by atoms with E-state index in [1.54, 1.807) is 6.20 Å². The van der Waals surface area contributed by atoms with E-state index >= 15 is 0 Å². The first-order valence-electron chi connectivity index (χ1n) is 9.69. The van der Waals surface area contributed by atoms with Crippen LogP contribution in [0.15, 0.2) is 48.7 Å². The second kappa shape index (κ2) is 8.35. The van der Waals surface area contributed by atoms with E-state index in [1.165, 1.54) is 0 Å². The fourth-order valence-electron chi connectivity index (χ4n) is 3.50. The highest BCUT2D eigenvalue weighted by atomic mass is 35.5. The number of rotatable bonds is 7. The van der Waals surface area contributed by atoms with Crippen molar-refractivity contribution in [1.29, 1.82) is 0 Å². The highest BCUT2D eigenvalue weighted by Gasteiger charge is 2.25. The maximum atomic E-state index is 12.5. The van der Waals surface area contributed by atoms with Crippen molar-refractivity contribution in [2.45, 2.75) is 32.3 Å². The number of carbonyl (C=O) groups excluding carboxylic acids is 1. The number of nitrogens with zero attached hydrogens (tertiary/aromatic N) is 4. The Hall–Kier alpha value is -2.70. The van der Waals surface area contributed by atoms with E-state index in [1.807, 2.05) is 59.0 Å². The van der Waals surface area contributed by atoms with Gasteiger partial charge in [-0.2, -0.15) is 5.10 Å². The van der Waals surface area contributed by atoms with Gasteiger partial charge in [0.05, 0.1) is 17.5 Å². The number of Topliss-reactive ketones (excluding diaryl/α,β-unsaturated/α-hetero) is 1. The summed E-state index contributed by atoms with van der Waals surface area (Å²) in [7, 11) is 0. The van der Waals surface area contributed by atoms with Gasteiger partial charge in [0.25, 0.3) is 0 Å². The van der Waals surface area contributed by atoms with Crippen molar-refractivity contribution in [2.75, 3.05) is 18.0 Å². The standard InChI is InChI=1S/C22H23ClN4O2/c1-15-9-19(27(25-15)18-4-2-3-17(23)11-18)6-7-20(28)10-16-5-8-22(24-12-16)26-13-21(29)14-26/h2-5,8-9,11-12,21,29H,6-7,10,13-14H2,1H3. The Morgan fingerprint density at radius 1 is 1.24 bits per heavy atom. The molecule has 1 fully saturated rings. The summed E-state index contributed by atoms with van der Waals surface area (Å²) in [6, 6.07) is 13.4. The largest absolute Gasteiger partial charge is 0.389 e. The van der Waals surface area contributed by atoms with Crippen LogP contribution in [0.5, 0.6) is 0 Å². The molecule has 0 unspecified atom stereocenters. The van der Waals surface area contributed by atoms with E-state index in [9.17, 15) is 9.90 Å². The van der Waals surface area contributed by atoms with Crippen molar-refractivity contribution in [2.24, 2.45) is 0 Å². The summed E-state index contributed by atoms with van der Waals surface area (Å²) < 4.78 is 1.85.